The third-order valence-electron chi connectivity index (χ3n) is 5.49. The Bertz CT molecular complexity index is 299. The van der Waals surface area contributed by atoms with Gasteiger partial charge in [-0.05, 0) is 58.0 Å². The van der Waals surface area contributed by atoms with Crippen molar-refractivity contribution in [2.24, 2.45) is 11.3 Å². The Kier molecular flexibility index (Phi) is 5.88. The van der Waals surface area contributed by atoms with E-state index in [0.29, 0.717) is 17.9 Å². The zero-order chi connectivity index (χ0) is 14.4. The maximum atomic E-state index is 12.8. The van der Waals surface area contributed by atoms with Crippen molar-refractivity contribution in [1.82, 2.24) is 10.6 Å². The van der Waals surface area contributed by atoms with Gasteiger partial charge >= 0.3 is 0 Å². The molecule has 0 spiro atoms. The van der Waals surface area contributed by atoms with Crippen molar-refractivity contribution in [3.8, 4) is 0 Å². The summed E-state index contributed by atoms with van der Waals surface area (Å²) < 4.78 is 0. The van der Waals surface area contributed by atoms with E-state index in [2.05, 4.69) is 24.5 Å². The Labute approximate surface area is 124 Å². The van der Waals surface area contributed by atoms with Crippen LogP contribution in [0.15, 0.2) is 0 Å². The van der Waals surface area contributed by atoms with Gasteiger partial charge in [0.15, 0.2) is 0 Å². The Hall–Kier alpha value is -0.570. The number of carbonyl (C=O) groups is 1. The summed E-state index contributed by atoms with van der Waals surface area (Å²) in [7, 11) is 0. The summed E-state index contributed by atoms with van der Waals surface area (Å²) in [6.45, 7) is 6.40. The van der Waals surface area contributed by atoms with Gasteiger partial charge in [0, 0.05) is 6.04 Å². The second kappa shape index (κ2) is 7.44. The third-order valence-corrected chi connectivity index (χ3v) is 5.49. The second-order valence-corrected chi connectivity index (χ2v) is 6.94. The van der Waals surface area contributed by atoms with Crippen molar-refractivity contribution in [3.05, 3.63) is 0 Å². The van der Waals surface area contributed by atoms with Gasteiger partial charge in [-0.3, -0.25) is 4.79 Å². The molecule has 0 bridgehead atoms. The van der Waals surface area contributed by atoms with E-state index in [1.54, 1.807) is 0 Å². The summed E-state index contributed by atoms with van der Waals surface area (Å²) in [5.41, 5.74) is -0.0943. The highest BCUT2D eigenvalue weighted by molar-refractivity contribution is 5.83. The molecule has 116 valence electrons. The molecule has 3 nitrogen and oxygen atoms in total. The van der Waals surface area contributed by atoms with Gasteiger partial charge in [-0.2, -0.15) is 0 Å². The molecule has 20 heavy (non-hydrogen) atoms. The fourth-order valence-electron chi connectivity index (χ4n) is 4.09. The maximum absolute atomic E-state index is 12.8. The van der Waals surface area contributed by atoms with Crippen LogP contribution in [-0.2, 0) is 4.79 Å². The molecule has 1 saturated carbocycles. The van der Waals surface area contributed by atoms with E-state index >= 15 is 0 Å². The molecule has 2 N–H and O–H groups in total. The van der Waals surface area contributed by atoms with Crippen molar-refractivity contribution in [3.63, 3.8) is 0 Å². The van der Waals surface area contributed by atoms with Crippen molar-refractivity contribution in [2.45, 2.75) is 77.7 Å². The number of amides is 1. The van der Waals surface area contributed by atoms with Gasteiger partial charge in [0.25, 0.3) is 0 Å². The molecule has 3 heteroatoms. The van der Waals surface area contributed by atoms with E-state index in [1.807, 2.05) is 0 Å². The molecule has 1 aliphatic heterocycles. The average Bonchev–Trinajstić information content (AvgIpc) is 2.49. The van der Waals surface area contributed by atoms with Gasteiger partial charge < -0.3 is 10.6 Å². The minimum absolute atomic E-state index is 0.0943. The molecule has 1 amide bonds. The first-order valence-corrected chi connectivity index (χ1v) is 8.69. The molecule has 0 aromatic heterocycles. The van der Waals surface area contributed by atoms with Crippen LogP contribution in [0.25, 0.3) is 0 Å². The molecule has 2 rings (SSSR count). The van der Waals surface area contributed by atoms with E-state index in [-0.39, 0.29) is 5.41 Å². The van der Waals surface area contributed by atoms with Gasteiger partial charge in [0.2, 0.25) is 5.91 Å². The number of carbonyl (C=O) groups excluding carboxylic acids is 1. The number of piperidine rings is 1. The Balaban J connectivity index is 1.93. The van der Waals surface area contributed by atoms with Crippen LogP contribution in [0.5, 0.6) is 0 Å². The predicted molar refractivity (Wildman–Crippen MR) is 83.6 cm³/mol. The largest absolute Gasteiger partial charge is 0.353 e. The molecule has 0 unspecified atom stereocenters. The van der Waals surface area contributed by atoms with Crippen LogP contribution in [-0.4, -0.2) is 25.0 Å². The molecule has 1 aliphatic carbocycles. The molecule has 1 saturated heterocycles. The van der Waals surface area contributed by atoms with E-state index in [9.17, 15) is 4.79 Å². The fraction of sp³-hybridized carbons (Fsp3) is 0.941. The van der Waals surface area contributed by atoms with Gasteiger partial charge in [0.05, 0.1) is 5.41 Å². The molecule has 0 aromatic rings. The minimum atomic E-state index is -0.0943. The first-order chi connectivity index (χ1) is 9.68. The van der Waals surface area contributed by atoms with Crippen molar-refractivity contribution in [1.29, 1.82) is 0 Å². The van der Waals surface area contributed by atoms with Gasteiger partial charge in [-0.25, -0.2) is 0 Å². The summed E-state index contributed by atoms with van der Waals surface area (Å²) in [5, 5.41) is 6.77. The minimum Gasteiger partial charge on any atom is -0.353 e. The van der Waals surface area contributed by atoms with Crippen LogP contribution in [0.1, 0.15) is 71.6 Å². The summed E-state index contributed by atoms with van der Waals surface area (Å²) >= 11 is 0. The third kappa shape index (κ3) is 3.75. The first-order valence-electron chi connectivity index (χ1n) is 8.69. The SMILES string of the molecule is CCCC1(C(=O)N[C@H](C)C2CCCCC2)CCNCC1. The molecule has 2 aliphatic rings. The van der Waals surface area contributed by atoms with Gasteiger partial charge in [-0.15, -0.1) is 0 Å². The molecular weight excluding hydrogens is 248 g/mol. The monoisotopic (exact) mass is 280 g/mol. The lowest BCUT2D eigenvalue weighted by molar-refractivity contribution is -0.134. The fourth-order valence-corrected chi connectivity index (χ4v) is 4.09. The van der Waals surface area contributed by atoms with Gasteiger partial charge in [0.1, 0.15) is 0 Å². The zero-order valence-electron chi connectivity index (χ0n) is 13.3. The number of hydrogen-bond acceptors (Lipinski definition) is 2. The van der Waals surface area contributed by atoms with E-state index < -0.39 is 0 Å². The highest BCUT2D eigenvalue weighted by Gasteiger charge is 2.39. The zero-order valence-corrected chi connectivity index (χ0v) is 13.3. The van der Waals surface area contributed by atoms with Crippen LogP contribution in [0.4, 0.5) is 0 Å². The Morgan fingerprint density at radius 3 is 2.50 bits per heavy atom. The predicted octanol–water partition coefficient (Wildman–Crippen LogP) is 3.24. The molecule has 1 atom stereocenters. The van der Waals surface area contributed by atoms with E-state index in [0.717, 1.165) is 38.8 Å². The molecule has 0 aromatic carbocycles. The highest BCUT2D eigenvalue weighted by atomic mass is 16.2. The smallest absolute Gasteiger partial charge is 0.226 e. The molecular formula is C17H32N2O. The van der Waals surface area contributed by atoms with Crippen LogP contribution < -0.4 is 10.6 Å². The van der Waals surface area contributed by atoms with Crippen LogP contribution in [0.3, 0.4) is 0 Å². The standard InChI is InChI=1S/C17H32N2O/c1-3-9-17(10-12-18-13-11-17)16(20)19-14(2)15-7-5-4-6-8-15/h14-15,18H,3-13H2,1-2H3,(H,19,20)/t14-/m1/s1. The number of hydrogen-bond donors (Lipinski definition) is 2. The average molecular weight is 280 g/mol. The first kappa shape index (κ1) is 15.8. The van der Waals surface area contributed by atoms with Crippen molar-refractivity contribution >= 4 is 5.91 Å². The Morgan fingerprint density at radius 1 is 1.25 bits per heavy atom. The van der Waals surface area contributed by atoms with Crippen molar-refractivity contribution < 1.29 is 4.79 Å². The van der Waals surface area contributed by atoms with E-state index in [4.69, 9.17) is 0 Å². The summed E-state index contributed by atoms with van der Waals surface area (Å²) in [4.78, 5) is 12.8. The topological polar surface area (TPSA) is 41.1 Å². The van der Waals surface area contributed by atoms with Crippen LogP contribution in [0, 0.1) is 11.3 Å². The quantitative estimate of drug-likeness (QED) is 0.811. The summed E-state index contributed by atoms with van der Waals surface area (Å²) in [5.74, 6) is 1.03. The lowest BCUT2D eigenvalue weighted by Gasteiger charge is -2.38. The van der Waals surface area contributed by atoms with Crippen LogP contribution in [0.2, 0.25) is 0 Å². The Morgan fingerprint density at radius 2 is 1.90 bits per heavy atom. The normalized spacial score (nSPS) is 25.1. The summed E-state index contributed by atoms with van der Waals surface area (Å²) in [6, 6.07) is 0.353. The second-order valence-electron chi connectivity index (χ2n) is 6.94. The lowest BCUT2D eigenvalue weighted by atomic mass is 9.74. The maximum Gasteiger partial charge on any atom is 0.226 e. The summed E-state index contributed by atoms with van der Waals surface area (Å²) in [6.07, 6.45) is 10.8. The highest BCUT2D eigenvalue weighted by Crippen LogP contribution is 2.35. The number of rotatable bonds is 5. The molecule has 1 heterocycles. The van der Waals surface area contributed by atoms with Crippen molar-refractivity contribution in [2.75, 3.05) is 13.1 Å². The number of nitrogens with one attached hydrogen (secondary N) is 2. The molecule has 0 radical (unpaired) electrons. The van der Waals surface area contributed by atoms with Gasteiger partial charge in [-0.1, -0.05) is 32.6 Å². The lowest BCUT2D eigenvalue weighted by Crippen LogP contribution is -2.51. The van der Waals surface area contributed by atoms with E-state index in [1.165, 1.54) is 32.1 Å². The molecule has 2 fully saturated rings. The van der Waals surface area contributed by atoms with Crippen LogP contribution >= 0.6 is 0 Å².